The highest BCUT2D eigenvalue weighted by atomic mass is 32.2. The van der Waals surface area contributed by atoms with Gasteiger partial charge in [-0.2, -0.15) is 0 Å². The maximum absolute atomic E-state index is 12.5. The normalized spacial score (nSPS) is 24.3. The van der Waals surface area contributed by atoms with E-state index in [1.807, 2.05) is 11.0 Å². The van der Waals surface area contributed by atoms with Gasteiger partial charge in [-0.15, -0.1) is 23.5 Å². The van der Waals surface area contributed by atoms with E-state index in [0.29, 0.717) is 25.2 Å². The Labute approximate surface area is 178 Å². The molecule has 29 heavy (non-hydrogen) atoms. The lowest BCUT2D eigenvalue weighted by atomic mass is 10.1. The maximum atomic E-state index is 12.5. The minimum atomic E-state index is -1.25. The first-order valence-electron chi connectivity index (χ1n) is 9.88. The third-order valence-electron chi connectivity index (χ3n) is 5.51. The number of aliphatic hydroxyl groups excluding tert-OH is 1. The van der Waals surface area contributed by atoms with Crippen LogP contribution >= 0.6 is 23.5 Å². The van der Waals surface area contributed by atoms with E-state index < -0.39 is 12.0 Å². The van der Waals surface area contributed by atoms with E-state index in [1.165, 1.54) is 0 Å². The molecular formula is C20H25N3O4S2. The SMILES string of the molecule is O=C(NC1CC(=O)N(C2CN(C(=O)C3SCCCS3)C2)C1)[C@H](O)c1ccccc1. The smallest absolute Gasteiger partial charge is 0.253 e. The number of hydrogen-bond donors (Lipinski definition) is 2. The molecule has 4 rings (SSSR count). The number of carbonyl (C=O) groups is 3. The summed E-state index contributed by atoms with van der Waals surface area (Å²) in [6.07, 6.45) is 0.130. The lowest BCUT2D eigenvalue weighted by Crippen LogP contribution is -2.62. The Balaban J connectivity index is 1.26. The second-order valence-corrected chi connectivity index (χ2v) is 10.3. The van der Waals surface area contributed by atoms with Gasteiger partial charge in [0, 0.05) is 26.1 Å². The molecule has 0 bridgehead atoms. The van der Waals surface area contributed by atoms with Gasteiger partial charge in [0.1, 0.15) is 4.58 Å². The van der Waals surface area contributed by atoms with E-state index in [4.69, 9.17) is 0 Å². The minimum Gasteiger partial charge on any atom is -0.378 e. The second kappa shape index (κ2) is 8.97. The number of nitrogens with one attached hydrogen (secondary N) is 1. The molecule has 0 saturated carbocycles. The maximum Gasteiger partial charge on any atom is 0.253 e. The van der Waals surface area contributed by atoms with Gasteiger partial charge < -0.3 is 20.2 Å². The van der Waals surface area contributed by atoms with E-state index in [9.17, 15) is 19.5 Å². The Bertz CT molecular complexity index is 766. The fourth-order valence-electron chi connectivity index (χ4n) is 3.86. The average Bonchev–Trinajstić information content (AvgIpc) is 3.07. The summed E-state index contributed by atoms with van der Waals surface area (Å²) in [5.74, 6) is 1.72. The number of aliphatic hydroxyl groups is 1. The molecule has 2 N–H and O–H groups in total. The number of likely N-dealkylation sites (tertiary alicyclic amines) is 2. The van der Waals surface area contributed by atoms with E-state index >= 15 is 0 Å². The van der Waals surface area contributed by atoms with Crippen LogP contribution in [0, 0.1) is 0 Å². The first kappa shape index (κ1) is 20.6. The van der Waals surface area contributed by atoms with Crippen molar-refractivity contribution in [1.29, 1.82) is 0 Å². The summed E-state index contributed by atoms with van der Waals surface area (Å²) in [6, 6.07) is 8.44. The molecule has 3 aliphatic heterocycles. The highest BCUT2D eigenvalue weighted by Crippen LogP contribution is 2.33. The number of carbonyl (C=O) groups excluding carboxylic acids is 3. The number of nitrogens with zero attached hydrogens (tertiary/aromatic N) is 2. The van der Waals surface area contributed by atoms with E-state index in [-0.39, 0.29) is 34.9 Å². The third-order valence-corrected chi connectivity index (χ3v) is 8.39. The highest BCUT2D eigenvalue weighted by molar-refractivity contribution is 8.18. The number of thioether (sulfide) groups is 2. The number of hydrogen-bond acceptors (Lipinski definition) is 6. The van der Waals surface area contributed by atoms with Crippen LogP contribution in [0.3, 0.4) is 0 Å². The Morgan fingerprint density at radius 2 is 1.79 bits per heavy atom. The van der Waals surface area contributed by atoms with Crippen molar-refractivity contribution in [1.82, 2.24) is 15.1 Å². The van der Waals surface area contributed by atoms with Crippen molar-refractivity contribution in [3.05, 3.63) is 35.9 Å². The minimum absolute atomic E-state index is 0.00881. The largest absolute Gasteiger partial charge is 0.378 e. The molecule has 0 spiro atoms. The van der Waals surface area contributed by atoms with Gasteiger partial charge in [0.15, 0.2) is 6.10 Å². The zero-order valence-corrected chi connectivity index (χ0v) is 17.7. The zero-order chi connectivity index (χ0) is 20.4. The molecule has 3 saturated heterocycles. The van der Waals surface area contributed by atoms with Gasteiger partial charge >= 0.3 is 0 Å². The van der Waals surface area contributed by atoms with Gasteiger partial charge in [-0.05, 0) is 23.5 Å². The molecule has 9 heteroatoms. The van der Waals surface area contributed by atoms with E-state index in [1.54, 1.807) is 52.7 Å². The standard InChI is InChI=1S/C20H25N3O4S2/c24-16-9-14(21-18(26)17(25)13-5-2-1-3-6-13)10-23(16)15-11-22(12-15)19(27)20-28-7-4-8-29-20/h1-3,5-6,14-15,17,20,25H,4,7-12H2,(H,21,26)/t14?,17-/m1/s1. The molecule has 1 aromatic carbocycles. The van der Waals surface area contributed by atoms with Gasteiger partial charge in [0.2, 0.25) is 11.8 Å². The fraction of sp³-hybridized carbons (Fsp3) is 0.550. The first-order valence-corrected chi connectivity index (χ1v) is 12.0. The summed E-state index contributed by atoms with van der Waals surface area (Å²) in [5, 5.41) is 13.0. The van der Waals surface area contributed by atoms with E-state index in [0.717, 1.165) is 17.9 Å². The molecule has 0 aliphatic carbocycles. The van der Waals surface area contributed by atoms with Crippen LogP contribution < -0.4 is 5.32 Å². The Morgan fingerprint density at radius 3 is 2.48 bits per heavy atom. The predicted octanol–water partition coefficient (Wildman–Crippen LogP) is 0.844. The molecule has 0 aromatic heterocycles. The van der Waals surface area contributed by atoms with Crippen molar-refractivity contribution >= 4 is 41.2 Å². The fourth-order valence-corrected chi connectivity index (χ4v) is 6.64. The topological polar surface area (TPSA) is 90.0 Å². The average molecular weight is 436 g/mol. The highest BCUT2D eigenvalue weighted by Gasteiger charge is 2.43. The molecule has 3 heterocycles. The summed E-state index contributed by atoms with van der Waals surface area (Å²) >= 11 is 3.42. The molecule has 3 aliphatic rings. The van der Waals surface area contributed by atoms with Crippen LogP contribution in [0.4, 0.5) is 0 Å². The molecule has 3 fully saturated rings. The lowest BCUT2D eigenvalue weighted by molar-refractivity contribution is -0.142. The van der Waals surface area contributed by atoms with Crippen LogP contribution in [0.1, 0.15) is 24.5 Å². The van der Waals surface area contributed by atoms with Crippen LogP contribution in [-0.2, 0) is 14.4 Å². The third kappa shape index (κ3) is 4.57. The Hall–Kier alpha value is -1.71. The lowest BCUT2D eigenvalue weighted by Gasteiger charge is -2.45. The Kier molecular flexibility index (Phi) is 6.36. The molecule has 3 amide bonds. The van der Waals surface area contributed by atoms with Crippen molar-refractivity contribution in [3.63, 3.8) is 0 Å². The summed E-state index contributed by atoms with van der Waals surface area (Å²) in [4.78, 5) is 40.9. The summed E-state index contributed by atoms with van der Waals surface area (Å²) in [6.45, 7) is 1.55. The molecule has 156 valence electrons. The molecule has 7 nitrogen and oxygen atoms in total. The van der Waals surface area contributed by atoms with Crippen LogP contribution in [0.25, 0.3) is 0 Å². The van der Waals surface area contributed by atoms with Crippen molar-refractivity contribution < 1.29 is 19.5 Å². The number of benzene rings is 1. The molecule has 2 atom stereocenters. The van der Waals surface area contributed by atoms with Gasteiger partial charge in [0.25, 0.3) is 5.91 Å². The van der Waals surface area contributed by atoms with E-state index in [2.05, 4.69) is 5.32 Å². The molecular weight excluding hydrogens is 410 g/mol. The molecule has 0 radical (unpaired) electrons. The van der Waals surface area contributed by atoms with Gasteiger partial charge in [-0.3, -0.25) is 14.4 Å². The van der Waals surface area contributed by atoms with Crippen molar-refractivity contribution in [2.75, 3.05) is 31.1 Å². The predicted molar refractivity (Wildman–Crippen MR) is 113 cm³/mol. The number of amides is 3. The van der Waals surface area contributed by atoms with Gasteiger partial charge in [-0.25, -0.2) is 0 Å². The van der Waals surface area contributed by atoms with Crippen molar-refractivity contribution in [3.8, 4) is 0 Å². The molecule has 1 aromatic rings. The van der Waals surface area contributed by atoms with Crippen molar-refractivity contribution in [2.45, 2.75) is 35.6 Å². The summed E-state index contributed by atoms with van der Waals surface area (Å²) < 4.78 is -0.00881. The van der Waals surface area contributed by atoms with Crippen LogP contribution in [-0.4, -0.2) is 80.4 Å². The number of rotatable bonds is 5. The van der Waals surface area contributed by atoms with Crippen molar-refractivity contribution in [2.24, 2.45) is 0 Å². The van der Waals surface area contributed by atoms with Gasteiger partial charge in [-0.1, -0.05) is 30.3 Å². The van der Waals surface area contributed by atoms with Gasteiger partial charge in [0.05, 0.1) is 12.1 Å². The second-order valence-electron chi connectivity index (χ2n) is 7.59. The quantitative estimate of drug-likeness (QED) is 0.713. The summed E-state index contributed by atoms with van der Waals surface area (Å²) in [7, 11) is 0. The first-order chi connectivity index (χ1) is 14.0. The van der Waals surface area contributed by atoms with Crippen LogP contribution in [0.2, 0.25) is 0 Å². The van der Waals surface area contributed by atoms with Crippen LogP contribution in [0.15, 0.2) is 30.3 Å². The monoisotopic (exact) mass is 435 g/mol. The summed E-state index contributed by atoms with van der Waals surface area (Å²) in [5.41, 5.74) is 0.526. The molecule has 1 unspecified atom stereocenters. The van der Waals surface area contributed by atoms with Crippen LogP contribution in [0.5, 0.6) is 0 Å². The Morgan fingerprint density at radius 1 is 1.10 bits per heavy atom. The zero-order valence-electron chi connectivity index (χ0n) is 16.0.